The molecule has 0 radical (unpaired) electrons. The minimum atomic E-state index is -2.60. The SMILES string of the molecule is CN=C(NCc1nccn1C(F)F)NCC(OC)C(C)(C)C. The van der Waals surface area contributed by atoms with Gasteiger partial charge in [0.25, 0.3) is 0 Å². The Hall–Kier alpha value is -1.70. The second-order valence-electron chi connectivity index (χ2n) is 5.93. The molecule has 0 aliphatic carbocycles. The van der Waals surface area contributed by atoms with Gasteiger partial charge in [-0.3, -0.25) is 9.56 Å². The summed E-state index contributed by atoms with van der Waals surface area (Å²) in [5, 5.41) is 6.09. The fourth-order valence-electron chi connectivity index (χ4n) is 1.97. The molecule has 0 saturated heterocycles. The van der Waals surface area contributed by atoms with Gasteiger partial charge in [0.15, 0.2) is 5.96 Å². The fraction of sp³-hybridized carbons (Fsp3) is 0.714. The number of ether oxygens (including phenoxy) is 1. The van der Waals surface area contributed by atoms with E-state index in [2.05, 4.69) is 41.4 Å². The Labute approximate surface area is 130 Å². The van der Waals surface area contributed by atoms with E-state index in [4.69, 9.17) is 4.74 Å². The summed E-state index contributed by atoms with van der Waals surface area (Å²) in [6, 6.07) is 0. The Kier molecular flexibility index (Phi) is 6.73. The molecule has 0 saturated carbocycles. The third kappa shape index (κ3) is 5.25. The van der Waals surface area contributed by atoms with Crippen molar-refractivity contribution < 1.29 is 13.5 Å². The van der Waals surface area contributed by atoms with E-state index in [1.54, 1.807) is 14.2 Å². The highest BCUT2D eigenvalue weighted by atomic mass is 19.3. The van der Waals surface area contributed by atoms with Crippen molar-refractivity contribution in [2.45, 2.75) is 40.0 Å². The number of aliphatic imine (C=N–C) groups is 1. The highest BCUT2D eigenvalue weighted by Gasteiger charge is 2.24. The number of nitrogens with zero attached hydrogens (tertiary/aromatic N) is 3. The predicted octanol–water partition coefficient (Wildman–Crippen LogP) is 2.00. The maximum atomic E-state index is 12.7. The van der Waals surface area contributed by atoms with E-state index in [9.17, 15) is 8.78 Å². The molecule has 1 unspecified atom stereocenters. The summed E-state index contributed by atoms with van der Waals surface area (Å²) in [5.74, 6) is 0.757. The van der Waals surface area contributed by atoms with Gasteiger partial charge in [-0.1, -0.05) is 20.8 Å². The lowest BCUT2D eigenvalue weighted by Crippen LogP contribution is -2.45. The van der Waals surface area contributed by atoms with Crippen molar-refractivity contribution in [1.29, 1.82) is 0 Å². The molecule has 0 aromatic carbocycles. The second kappa shape index (κ2) is 8.07. The number of halogens is 2. The lowest BCUT2D eigenvalue weighted by atomic mass is 9.89. The first-order valence-electron chi connectivity index (χ1n) is 7.06. The van der Waals surface area contributed by atoms with Crippen LogP contribution in [0.5, 0.6) is 0 Å². The lowest BCUT2D eigenvalue weighted by molar-refractivity contribution is 0.0205. The van der Waals surface area contributed by atoms with Gasteiger partial charge in [0.1, 0.15) is 5.82 Å². The van der Waals surface area contributed by atoms with Crippen molar-refractivity contribution in [3.63, 3.8) is 0 Å². The molecule has 1 aromatic heterocycles. The molecule has 1 aromatic rings. The molecule has 0 aliphatic heterocycles. The van der Waals surface area contributed by atoms with Crippen LogP contribution in [0.2, 0.25) is 0 Å². The van der Waals surface area contributed by atoms with E-state index < -0.39 is 6.55 Å². The molecule has 2 N–H and O–H groups in total. The van der Waals surface area contributed by atoms with Crippen molar-refractivity contribution in [2.24, 2.45) is 10.4 Å². The quantitative estimate of drug-likeness (QED) is 0.622. The number of rotatable bonds is 6. The average Bonchev–Trinajstić information content (AvgIpc) is 2.90. The molecule has 22 heavy (non-hydrogen) atoms. The van der Waals surface area contributed by atoms with Gasteiger partial charge in [-0.2, -0.15) is 8.78 Å². The molecule has 8 heteroatoms. The summed E-state index contributed by atoms with van der Waals surface area (Å²) in [7, 11) is 3.28. The molecule has 0 bridgehead atoms. The summed E-state index contributed by atoms with van der Waals surface area (Å²) in [6.45, 7) is 4.36. The normalized spacial score (nSPS) is 14.3. The minimum absolute atomic E-state index is 0.00546. The van der Waals surface area contributed by atoms with Crippen LogP contribution in [-0.2, 0) is 11.3 Å². The van der Waals surface area contributed by atoms with Gasteiger partial charge < -0.3 is 15.4 Å². The number of methoxy groups -OCH3 is 1. The van der Waals surface area contributed by atoms with Crippen molar-refractivity contribution in [2.75, 3.05) is 20.7 Å². The van der Waals surface area contributed by atoms with Crippen molar-refractivity contribution in [1.82, 2.24) is 20.2 Å². The Bertz CT molecular complexity index is 482. The van der Waals surface area contributed by atoms with Crippen molar-refractivity contribution >= 4 is 5.96 Å². The molecule has 1 atom stereocenters. The van der Waals surface area contributed by atoms with Gasteiger partial charge in [0.2, 0.25) is 0 Å². The topological polar surface area (TPSA) is 63.5 Å². The zero-order valence-corrected chi connectivity index (χ0v) is 13.7. The maximum absolute atomic E-state index is 12.7. The van der Waals surface area contributed by atoms with Crippen LogP contribution < -0.4 is 10.6 Å². The second-order valence-corrected chi connectivity index (χ2v) is 5.93. The molecule has 0 spiro atoms. The number of hydrogen-bond acceptors (Lipinski definition) is 3. The summed E-state index contributed by atoms with van der Waals surface area (Å²) >= 11 is 0. The highest BCUT2D eigenvalue weighted by molar-refractivity contribution is 5.79. The van der Waals surface area contributed by atoms with Gasteiger partial charge >= 0.3 is 6.55 Å². The summed E-state index contributed by atoms with van der Waals surface area (Å²) in [5.41, 5.74) is -0.0213. The Morgan fingerprint density at radius 3 is 2.59 bits per heavy atom. The third-order valence-electron chi connectivity index (χ3n) is 3.30. The number of aromatic nitrogens is 2. The molecule has 0 aliphatic rings. The van der Waals surface area contributed by atoms with E-state index in [0.717, 1.165) is 4.57 Å². The van der Waals surface area contributed by atoms with Gasteiger partial charge in [0.05, 0.1) is 12.6 Å². The summed E-state index contributed by atoms with van der Waals surface area (Å²) in [6.07, 6.45) is 2.59. The first-order chi connectivity index (χ1) is 10.3. The van der Waals surface area contributed by atoms with E-state index in [1.807, 2.05) is 0 Å². The van der Waals surface area contributed by atoms with Crippen LogP contribution in [0.4, 0.5) is 8.78 Å². The van der Waals surface area contributed by atoms with Gasteiger partial charge in [-0.25, -0.2) is 4.98 Å². The maximum Gasteiger partial charge on any atom is 0.319 e. The largest absolute Gasteiger partial charge is 0.379 e. The van der Waals surface area contributed by atoms with E-state index in [-0.39, 0.29) is 23.9 Å². The Balaban J connectivity index is 2.54. The molecular formula is C14H25F2N5O. The Morgan fingerprint density at radius 2 is 2.09 bits per heavy atom. The standard InChI is InChI=1S/C14H25F2N5O/c1-14(2,3)10(22-5)8-19-13(17-4)20-9-11-18-6-7-21(11)12(15)16/h6-7,10,12H,8-9H2,1-5H3,(H2,17,19,20). The van der Waals surface area contributed by atoms with Gasteiger partial charge in [-0.05, 0) is 5.41 Å². The van der Waals surface area contributed by atoms with E-state index in [0.29, 0.717) is 12.5 Å². The zero-order valence-electron chi connectivity index (χ0n) is 13.7. The first kappa shape index (κ1) is 18.3. The van der Waals surface area contributed by atoms with E-state index in [1.165, 1.54) is 12.4 Å². The van der Waals surface area contributed by atoms with Crippen LogP contribution in [0, 0.1) is 5.41 Å². The summed E-state index contributed by atoms with van der Waals surface area (Å²) in [4.78, 5) is 7.97. The lowest BCUT2D eigenvalue weighted by Gasteiger charge is -2.30. The predicted molar refractivity (Wildman–Crippen MR) is 81.9 cm³/mol. The molecular weight excluding hydrogens is 292 g/mol. The first-order valence-corrected chi connectivity index (χ1v) is 7.06. The van der Waals surface area contributed by atoms with Crippen molar-refractivity contribution in [3.8, 4) is 0 Å². The third-order valence-corrected chi connectivity index (χ3v) is 3.30. The van der Waals surface area contributed by atoms with E-state index >= 15 is 0 Å². The fourth-order valence-corrected chi connectivity index (χ4v) is 1.97. The van der Waals surface area contributed by atoms with Gasteiger partial charge in [-0.15, -0.1) is 0 Å². The van der Waals surface area contributed by atoms with Crippen LogP contribution in [0.25, 0.3) is 0 Å². The molecule has 126 valence electrons. The molecule has 6 nitrogen and oxygen atoms in total. The summed E-state index contributed by atoms with van der Waals surface area (Å²) < 4.78 is 31.7. The molecule has 1 rings (SSSR count). The van der Waals surface area contributed by atoms with Crippen LogP contribution in [-0.4, -0.2) is 42.3 Å². The number of imidazole rings is 1. The van der Waals surface area contributed by atoms with Crippen LogP contribution in [0.1, 0.15) is 33.1 Å². The zero-order chi connectivity index (χ0) is 16.8. The number of alkyl halides is 2. The smallest absolute Gasteiger partial charge is 0.319 e. The van der Waals surface area contributed by atoms with Crippen LogP contribution in [0.3, 0.4) is 0 Å². The minimum Gasteiger partial charge on any atom is -0.379 e. The van der Waals surface area contributed by atoms with Gasteiger partial charge in [0, 0.05) is 33.1 Å². The monoisotopic (exact) mass is 317 g/mol. The van der Waals surface area contributed by atoms with Crippen LogP contribution >= 0.6 is 0 Å². The molecule has 0 amide bonds. The number of guanidine groups is 1. The average molecular weight is 317 g/mol. The number of hydrogen-bond donors (Lipinski definition) is 2. The highest BCUT2D eigenvalue weighted by Crippen LogP contribution is 2.20. The Morgan fingerprint density at radius 1 is 1.41 bits per heavy atom. The van der Waals surface area contributed by atoms with Crippen molar-refractivity contribution in [3.05, 3.63) is 18.2 Å². The number of nitrogens with one attached hydrogen (secondary N) is 2. The molecule has 0 fully saturated rings. The van der Waals surface area contributed by atoms with Crippen LogP contribution in [0.15, 0.2) is 17.4 Å². The molecule has 1 heterocycles.